The van der Waals surface area contributed by atoms with E-state index in [-0.39, 0.29) is 17.9 Å². The Bertz CT molecular complexity index is 311. The van der Waals surface area contributed by atoms with E-state index in [1.807, 2.05) is 25.1 Å². The van der Waals surface area contributed by atoms with E-state index in [9.17, 15) is 4.79 Å². The largest absolute Gasteiger partial charge is 0.369 e. The van der Waals surface area contributed by atoms with E-state index in [1.54, 1.807) is 0 Å². The number of carbonyl (C=O) groups is 1. The van der Waals surface area contributed by atoms with Crippen molar-refractivity contribution in [2.24, 2.45) is 11.7 Å². The lowest BCUT2D eigenvalue weighted by atomic mass is 10.1. The molecular formula is C12H18N2O. The van der Waals surface area contributed by atoms with Gasteiger partial charge in [0.05, 0.1) is 0 Å². The van der Waals surface area contributed by atoms with Crippen LogP contribution in [0.2, 0.25) is 0 Å². The monoisotopic (exact) mass is 206 g/mol. The number of amides is 1. The standard InChI is InChI=1S/C12H18N2O/c1-9(12(13)15)8-14-10(2)11-6-4-3-5-7-11/h3-7,9-10,14H,8H2,1-2H3,(H2,13,15). The Morgan fingerprint density at radius 2 is 1.93 bits per heavy atom. The van der Waals surface area contributed by atoms with Gasteiger partial charge in [-0.05, 0) is 12.5 Å². The number of nitrogens with one attached hydrogen (secondary N) is 1. The van der Waals surface area contributed by atoms with Gasteiger partial charge in [-0.25, -0.2) is 0 Å². The Labute approximate surface area is 90.7 Å². The van der Waals surface area contributed by atoms with Crippen LogP contribution in [0.1, 0.15) is 25.5 Å². The maximum atomic E-state index is 10.8. The molecule has 2 atom stereocenters. The van der Waals surface area contributed by atoms with Crippen LogP contribution in [-0.2, 0) is 4.79 Å². The Kier molecular flexibility index (Phi) is 4.31. The van der Waals surface area contributed by atoms with Gasteiger partial charge < -0.3 is 11.1 Å². The summed E-state index contributed by atoms with van der Waals surface area (Å²) in [6.07, 6.45) is 0. The Hall–Kier alpha value is -1.35. The molecule has 0 aromatic heterocycles. The van der Waals surface area contributed by atoms with Gasteiger partial charge in [0.1, 0.15) is 0 Å². The SMILES string of the molecule is CC(CNC(C)c1ccccc1)C(N)=O. The van der Waals surface area contributed by atoms with E-state index in [1.165, 1.54) is 5.56 Å². The summed E-state index contributed by atoms with van der Waals surface area (Å²) in [6, 6.07) is 10.4. The van der Waals surface area contributed by atoms with Crippen LogP contribution in [0.25, 0.3) is 0 Å². The third-order valence-electron chi connectivity index (χ3n) is 2.52. The number of primary amides is 1. The molecule has 1 aromatic carbocycles. The molecule has 1 rings (SSSR count). The molecule has 3 N–H and O–H groups in total. The molecule has 0 fully saturated rings. The zero-order chi connectivity index (χ0) is 11.3. The molecule has 0 spiro atoms. The van der Waals surface area contributed by atoms with Crippen LogP contribution in [-0.4, -0.2) is 12.5 Å². The summed E-state index contributed by atoms with van der Waals surface area (Å²) in [6.45, 7) is 4.52. The minimum Gasteiger partial charge on any atom is -0.369 e. The summed E-state index contributed by atoms with van der Waals surface area (Å²) in [4.78, 5) is 10.8. The van der Waals surface area contributed by atoms with Crippen molar-refractivity contribution in [3.8, 4) is 0 Å². The second-order valence-electron chi connectivity index (χ2n) is 3.84. The molecule has 0 aliphatic carbocycles. The van der Waals surface area contributed by atoms with Crippen LogP contribution in [0.3, 0.4) is 0 Å². The minimum atomic E-state index is -0.261. The molecule has 1 amide bonds. The fourth-order valence-corrected chi connectivity index (χ4v) is 1.31. The van der Waals surface area contributed by atoms with E-state index in [2.05, 4.69) is 24.4 Å². The van der Waals surface area contributed by atoms with Crippen molar-refractivity contribution < 1.29 is 4.79 Å². The van der Waals surface area contributed by atoms with Gasteiger partial charge in [-0.2, -0.15) is 0 Å². The van der Waals surface area contributed by atoms with Gasteiger partial charge >= 0.3 is 0 Å². The molecule has 0 aliphatic heterocycles. The second kappa shape index (κ2) is 5.51. The highest BCUT2D eigenvalue weighted by molar-refractivity contribution is 5.76. The Morgan fingerprint density at radius 1 is 1.33 bits per heavy atom. The number of hydrogen-bond donors (Lipinski definition) is 2. The number of benzene rings is 1. The molecule has 2 unspecified atom stereocenters. The molecule has 15 heavy (non-hydrogen) atoms. The summed E-state index contributed by atoms with van der Waals surface area (Å²) in [5, 5.41) is 3.28. The van der Waals surface area contributed by atoms with Crippen LogP contribution in [0.5, 0.6) is 0 Å². The topological polar surface area (TPSA) is 55.1 Å². The second-order valence-corrected chi connectivity index (χ2v) is 3.84. The van der Waals surface area contributed by atoms with Crippen LogP contribution >= 0.6 is 0 Å². The molecular weight excluding hydrogens is 188 g/mol. The van der Waals surface area contributed by atoms with Gasteiger partial charge in [-0.15, -0.1) is 0 Å². The van der Waals surface area contributed by atoms with Gasteiger partial charge in [-0.1, -0.05) is 37.3 Å². The van der Waals surface area contributed by atoms with Crippen molar-refractivity contribution >= 4 is 5.91 Å². The third kappa shape index (κ3) is 3.72. The lowest BCUT2D eigenvalue weighted by molar-refractivity contribution is -0.121. The van der Waals surface area contributed by atoms with Crippen LogP contribution in [0.4, 0.5) is 0 Å². The highest BCUT2D eigenvalue weighted by Crippen LogP contribution is 2.11. The zero-order valence-corrected chi connectivity index (χ0v) is 9.23. The molecule has 0 aliphatic rings. The summed E-state index contributed by atoms with van der Waals surface area (Å²) < 4.78 is 0. The first-order chi connectivity index (χ1) is 7.11. The average molecular weight is 206 g/mol. The summed E-state index contributed by atoms with van der Waals surface area (Å²) in [5.41, 5.74) is 6.40. The van der Waals surface area contributed by atoms with Crippen molar-refractivity contribution in [3.63, 3.8) is 0 Å². The first-order valence-electron chi connectivity index (χ1n) is 5.19. The van der Waals surface area contributed by atoms with Gasteiger partial charge in [0.2, 0.25) is 5.91 Å². The highest BCUT2D eigenvalue weighted by Gasteiger charge is 2.10. The van der Waals surface area contributed by atoms with Gasteiger partial charge in [-0.3, -0.25) is 4.79 Å². The first kappa shape index (κ1) is 11.7. The van der Waals surface area contributed by atoms with Gasteiger partial charge in [0.15, 0.2) is 0 Å². The van der Waals surface area contributed by atoms with Crippen molar-refractivity contribution in [2.75, 3.05) is 6.54 Å². The first-order valence-corrected chi connectivity index (χ1v) is 5.19. The Morgan fingerprint density at radius 3 is 2.47 bits per heavy atom. The summed E-state index contributed by atoms with van der Waals surface area (Å²) in [5.74, 6) is -0.390. The zero-order valence-electron chi connectivity index (χ0n) is 9.23. The molecule has 0 saturated heterocycles. The van der Waals surface area contributed by atoms with E-state index < -0.39 is 0 Å². The predicted molar refractivity (Wildman–Crippen MR) is 61.2 cm³/mol. The number of carbonyl (C=O) groups excluding carboxylic acids is 1. The van der Waals surface area contributed by atoms with Gasteiger partial charge in [0, 0.05) is 18.5 Å². The summed E-state index contributed by atoms with van der Waals surface area (Å²) >= 11 is 0. The maximum absolute atomic E-state index is 10.8. The van der Waals surface area contributed by atoms with Crippen molar-refractivity contribution in [1.82, 2.24) is 5.32 Å². The predicted octanol–water partition coefficient (Wildman–Crippen LogP) is 1.46. The lowest BCUT2D eigenvalue weighted by Gasteiger charge is -2.16. The quantitative estimate of drug-likeness (QED) is 0.766. The lowest BCUT2D eigenvalue weighted by Crippen LogP contribution is -2.32. The maximum Gasteiger partial charge on any atom is 0.221 e. The third-order valence-corrected chi connectivity index (χ3v) is 2.52. The number of nitrogens with two attached hydrogens (primary N) is 1. The molecule has 0 heterocycles. The fraction of sp³-hybridized carbons (Fsp3) is 0.417. The number of hydrogen-bond acceptors (Lipinski definition) is 2. The molecule has 1 aromatic rings. The molecule has 0 saturated carbocycles. The van der Waals surface area contributed by atoms with Crippen molar-refractivity contribution in [3.05, 3.63) is 35.9 Å². The molecule has 82 valence electrons. The average Bonchev–Trinajstić information content (AvgIpc) is 2.26. The van der Waals surface area contributed by atoms with Crippen molar-refractivity contribution in [1.29, 1.82) is 0 Å². The van der Waals surface area contributed by atoms with E-state index in [4.69, 9.17) is 5.73 Å². The number of rotatable bonds is 5. The molecule has 3 heteroatoms. The van der Waals surface area contributed by atoms with Gasteiger partial charge in [0.25, 0.3) is 0 Å². The van der Waals surface area contributed by atoms with Crippen LogP contribution in [0, 0.1) is 5.92 Å². The van der Waals surface area contributed by atoms with Crippen molar-refractivity contribution in [2.45, 2.75) is 19.9 Å². The van der Waals surface area contributed by atoms with Crippen LogP contribution < -0.4 is 11.1 Å². The fourth-order valence-electron chi connectivity index (χ4n) is 1.31. The minimum absolute atomic E-state index is 0.129. The smallest absolute Gasteiger partial charge is 0.221 e. The van der Waals surface area contributed by atoms with Crippen LogP contribution in [0.15, 0.2) is 30.3 Å². The van der Waals surface area contributed by atoms with E-state index in [0.29, 0.717) is 6.54 Å². The normalized spacial score (nSPS) is 14.5. The molecule has 0 radical (unpaired) electrons. The molecule has 0 bridgehead atoms. The highest BCUT2D eigenvalue weighted by atomic mass is 16.1. The van der Waals surface area contributed by atoms with E-state index >= 15 is 0 Å². The Balaban J connectivity index is 2.43. The summed E-state index contributed by atoms with van der Waals surface area (Å²) in [7, 11) is 0. The molecule has 3 nitrogen and oxygen atoms in total. The van der Waals surface area contributed by atoms with E-state index in [0.717, 1.165) is 0 Å².